The number of carbonyl (C=O) groups is 1. The predicted molar refractivity (Wildman–Crippen MR) is 78.6 cm³/mol. The average molecular weight is 301 g/mol. The Morgan fingerprint density at radius 2 is 2.16 bits per heavy atom. The number of carbonyl (C=O) groups excluding carboxylic acids is 1. The summed E-state index contributed by atoms with van der Waals surface area (Å²) in [7, 11) is 1.82. The van der Waals surface area contributed by atoms with E-state index in [4.69, 9.17) is 23.2 Å². The first-order valence-corrected chi connectivity index (χ1v) is 7.12. The highest BCUT2D eigenvalue weighted by atomic mass is 35.5. The van der Waals surface area contributed by atoms with Crippen LogP contribution >= 0.6 is 23.2 Å². The lowest BCUT2D eigenvalue weighted by Gasteiger charge is -2.29. The fraction of sp³-hybridized carbons (Fsp3) is 0.500. The van der Waals surface area contributed by atoms with Crippen molar-refractivity contribution in [2.45, 2.75) is 31.8 Å². The lowest BCUT2D eigenvalue weighted by Crippen LogP contribution is -2.51. The number of likely N-dealkylation sites (N-methyl/N-ethyl adjacent to an activating group) is 1. The minimum absolute atomic E-state index is 0.121. The van der Waals surface area contributed by atoms with Gasteiger partial charge in [0.15, 0.2) is 0 Å². The number of nitrogens with one attached hydrogen (secondary N) is 1. The van der Waals surface area contributed by atoms with Crippen LogP contribution < -0.4 is 5.32 Å². The van der Waals surface area contributed by atoms with E-state index in [2.05, 4.69) is 5.32 Å². The molecular weight excluding hydrogens is 283 g/mol. The molecule has 3 nitrogen and oxygen atoms in total. The van der Waals surface area contributed by atoms with Crippen molar-refractivity contribution in [2.75, 3.05) is 13.6 Å². The third-order valence-corrected chi connectivity index (χ3v) is 4.33. The van der Waals surface area contributed by atoms with E-state index in [1.807, 2.05) is 20.0 Å². The van der Waals surface area contributed by atoms with E-state index in [9.17, 15) is 4.79 Å². The van der Waals surface area contributed by atoms with Gasteiger partial charge >= 0.3 is 0 Å². The van der Waals surface area contributed by atoms with Crippen molar-refractivity contribution < 1.29 is 4.79 Å². The minimum atomic E-state index is -0.426. The van der Waals surface area contributed by atoms with Crippen molar-refractivity contribution in [1.82, 2.24) is 10.2 Å². The van der Waals surface area contributed by atoms with Crippen molar-refractivity contribution in [1.29, 1.82) is 0 Å². The molecule has 1 atom stereocenters. The quantitative estimate of drug-likeness (QED) is 0.930. The molecule has 2 rings (SSSR count). The first-order chi connectivity index (χ1) is 8.92. The van der Waals surface area contributed by atoms with Gasteiger partial charge in [-0.25, -0.2) is 0 Å². The van der Waals surface area contributed by atoms with Gasteiger partial charge in [0.05, 0.1) is 15.6 Å². The zero-order valence-corrected chi connectivity index (χ0v) is 12.7. The molecule has 1 amide bonds. The summed E-state index contributed by atoms with van der Waals surface area (Å²) in [5, 5.41) is 4.33. The van der Waals surface area contributed by atoms with E-state index in [0.717, 1.165) is 24.9 Å². The highest BCUT2D eigenvalue weighted by Gasteiger charge is 2.37. The third-order valence-electron chi connectivity index (χ3n) is 3.59. The van der Waals surface area contributed by atoms with Gasteiger partial charge in [0.2, 0.25) is 5.91 Å². The van der Waals surface area contributed by atoms with Crippen LogP contribution in [-0.2, 0) is 11.3 Å². The zero-order valence-electron chi connectivity index (χ0n) is 11.2. The van der Waals surface area contributed by atoms with E-state index in [1.165, 1.54) is 0 Å². The van der Waals surface area contributed by atoms with Crippen molar-refractivity contribution >= 4 is 29.1 Å². The van der Waals surface area contributed by atoms with Gasteiger partial charge in [0.25, 0.3) is 0 Å². The number of benzene rings is 1. The van der Waals surface area contributed by atoms with Gasteiger partial charge in [0.1, 0.15) is 0 Å². The number of hydrogen-bond donors (Lipinski definition) is 1. The van der Waals surface area contributed by atoms with Gasteiger partial charge in [-0.3, -0.25) is 4.79 Å². The van der Waals surface area contributed by atoms with Gasteiger partial charge in [-0.2, -0.15) is 0 Å². The van der Waals surface area contributed by atoms with Crippen LogP contribution in [0.3, 0.4) is 0 Å². The van der Waals surface area contributed by atoms with Gasteiger partial charge in [0, 0.05) is 13.6 Å². The molecule has 0 aromatic heterocycles. The van der Waals surface area contributed by atoms with E-state index >= 15 is 0 Å². The maximum absolute atomic E-state index is 12.4. The van der Waals surface area contributed by atoms with Crippen molar-refractivity contribution in [2.24, 2.45) is 0 Å². The molecule has 104 valence electrons. The smallest absolute Gasteiger partial charge is 0.242 e. The van der Waals surface area contributed by atoms with E-state index in [1.54, 1.807) is 17.0 Å². The summed E-state index contributed by atoms with van der Waals surface area (Å²) in [6, 6.07) is 5.45. The molecule has 1 fully saturated rings. The van der Waals surface area contributed by atoms with Gasteiger partial charge in [-0.15, -0.1) is 0 Å². The van der Waals surface area contributed by atoms with Crippen molar-refractivity contribution in [3.63, 3.8) is 0 Å². The second-order valence-corrected chi connectivity index (χ2v) is 6.09. The first kappa shape index (κ1) is 14.6. The largest absolute Gasteiger partial charge is 0.340 e. The summed E-state index contributed by atoms with van der Waals surface area (Å²) < 4.78 is 0. The van der Waals surface area contributed by atoms with Crippen LogP contribution in [0.5, 0.6) is 0 Å². The molecule has 0 radical (unpaired) electrons. The van der Waals surface area contributed by atoms with Gasteiger partial charge in [-0.05, 0) is 44.0 Å². The zero-order chi connectivity index (χ0) is 14.0. The monoisotopic (exact) mass is 300 g/mol. The summed E-state index contributed by atoms with van der Waals surface area (Å²) in [5.74, 6) is 0.121. The summed E-state index contributed by atoms with van der Waals surface area (Å²) in [6.07, 6.45) is 1.93. The summed E-state index contributed by atoms with van der Waals surface area (Å²) >= 11 is 11.9. The summed E-state index contributed by atoms with van der Waals surface area (Å²) in [6.45, 7) is 3.41. The molecule has 5 heteroatoms. The molecule has 1 N–H and O–H groups in total. The maximum Gasteiger partial charge on any atom is 0.242 e. The normalized spacial score (nSPS) is 22.5. The van der Waals surface area contributed by atoms with Crippen LogP contribution in [0.4, 0.5) is 0 Å². The predicted octanol–water partition coefficient (Wildman–Crippen LogP) is 3.09. The Morgan fingerprint density at radius 1 is 1.42 bits per heavy atom. The van der Waals surface area contributed by atoms with Crippen molar-refractivity contribution in [3.05, 3.63) is 33.8 Å². The molecule has 1 heterocycles. The fourth-order valence-corrected chi connectivity index (χ4v) is 2.80. The molecule has 1 unspecified atom stereocenters. The molecule has 1 saturated heterocycles. The van der Waals surface area contributed by atoms with Crippen molar-refractivity contribution in [3.8, 4) is 0 Å². The van der Waals surface area contributed by atoms with Crippen LogP contribution in [-0.4, -0.2) is 29.9 Å². The lowest BCUT2D eigenvalue weighted by molar-refractivity contribution is -0.136. The number of rotatable bonds is 3. The van der Waals surface area contributed by atoms with Crippen LogP contribution in [0, 0.1) is 0 Å². The standard InChI is InChI=1S/C14H18Cl2N2O/c1-14(6-3-7-17-14)13(19)18(2)9-10-4-5-11(15)12(16)8-10/h4-5,8,17H,3,6-7,9H2,1-2H3. The third kappa shape index (κ3) is 3.22. The Labute approximate surface area is 123 Å². The molecule has 0 spiro atoms. The van der Waals surface area contributed by atoms with E-state index in [-0.39, 0.29) is 5.91 Å². The molecule has 0 bridgehead atoms. The molecular formula is C14H18Cl2N2O. The van der Waals surface area contributed by atoms with E-state index in [0.29, 0.717) is 16.6 Å². The topological polar surface area (TPSA) is 32.3 Å². The first-order valence-electron chi connectivity index (χ1n) is 6.37. The molecule has 0 saturated carbocycles. The van der Waals surface area contributed by atoms with Crippen LogP contribution in [0.1, 0.15) is 25.3 Å². The fourth-order valence-electron chi connectivity index (χ4n) is 2.48. The number of hydrogen-bond acceptors (Lipinski definition) is 2. The van der Waals surface area contributed by atoms with Crippen LogP contribution in [0.25, 0.3) is 0 Å². The Morgan fingerprint density at radius 3 is 2.74 bits per heavy atom. The molecule has 0 aliphatic carbocycles. The second kappa shape index (κ2) is 5.70. The second-order valence-electron chi connectivity index (χ2n) is 5.27. The Bertz CT molecular complexity index is 484. The molecule has 1 aliphatic rings. The number of halogens is 2. The summed E-state index contributed by atoms with van der Waals surface area (Å²) in [4.78, 5) is 14.2. The number of amides is 1. The van der Waals surface area contributed by atoms with Gasteiger partial charge < -0.3 is 10.2 Å². The average Bonchev–Trinajstić information content (AvgIpc) is 2.81. The lowest BCUT2D eigenvalue weighted by atomic mass is 9.98. The maximum atomic E-state index is 12.4. The van der Waals surface area contributed by atoms with Gasteiger partial charge in [-0.1, -0.05) is 29.3 Å². The summed E-state index contributed by atoms with van der Waals surface area (Å²) in [5.41, 5.74) is 0.553. The molecule has 1 aromatic carbocycles. The highest BCUT2D eigenvalue weighted by molar-refractivity contribution is 6.42. The Balaban J connectivity index is 2.06. The molecule has 1 aromatic rings. The number of nitrogens with zero attached hydrogens (tertiary/aromatic N) is 1. The SMILES string of the molecule is CN(Cc1ccc(Cl)c(Cl)c1)C(=O)C1(C)CCCN1. The molecule has 1 aliphatic heterocycles. The van der Waals surface area contributed by atoms with Crippen LogP contribution in [0.2, 0.25) is 10.0 Å². The van der Waals surface area contributed by atoms with Crippen LogP contribution in [0.15, 0.2) is 18.2 Å². The Hall–Kier alpha value is -0.770. The highest BCUT2D eigenvalue weighted by Crippen LogP contribution is 2.25. The van der Waals surface area contributed by atoms with E-state index < -0.39 is 5.54 Å². The minimum Gasteiger partial charge on any atom is -0.340 e. The Kier molecular flexibility index (Phi) is 4.39. The molecule has 19 heavy (non-hydrogen) atoms.